The minimum atomic E-state index is -0.155. The van der Waals surface area contributed by atoms with Crippen LogP contribution in [-0.4, -0.2) is 48.2 Å². The lowest BCUT2D eigenvalue weighted by molar-refractivity contribution is -0.146. The monoisotopic (exact) mass is 254 g/mol. The highest BCUT2D eigenvalue weighted by Gasteiger charge is 2.43. The number of piperidine rings is 1. The van der Waals surface area contributed by atoms with Crippen molar-refractivity contribution in [1.82, 2.24) is 10.2 Å². The molecule has 2 aliphatic heterocycles. The second-order valence-electron chi connectivity index (χ2n) is 5.76. The first-order chi connectivity index (χ1) is 8.73. The summed E-state index contributed by atoms with van der Waals surface area (Å²) in [7, 11) is 0. The molecule has 18 heavy (non-hydrogen) atoms. The van der Waals surface area contributed by atoms with Gasteiger partial charge in [0.1, 0.15) is 0 Å². The van der Waals surface area contributed by atoms with E-state index in [1.165, 1.54) is 0 Å². The first-order valence-electron chi connectivity index (χ1n) is 7.36. The van der Waals surface area contributed by atoms with Gasteiger partial charge in [0.15, 0.2) is 0 Å². The Hall–Kier alpha value is -0.610. The highest BCUT2D eigenvalue weighted by atomic mass is 16.3. The topological polar surface area (TPSA) is 52.6 Å². The van der Waals surface area contributed by atoms with Gasteiger partial charge in [-0.1, -0.05) is 13.3 Å². The fourth-order valence-electron chi connectivity index (χ4n) is 3.55. The fourth-order valence-corrected chi connectivity index (χ4v) is 3.55. The van der Waals surface area contributed by atoms with Crippen molar-refractivity contribution in [3.05, 3.63) is 0 Å². The van der Waals surface area contributed by atoms with Crippen LogP contribution in [0.2, 0.25) is 0 Å². The summed E-state index contributed by atoms with van der Waals surface area (Å²) < 4.78 is 0. The van der Waals surface area contributed by atoms with E-state index in [9.17, 15) is 9.90 Å². The molecule has 0 aromatic heterocycles. The Morgan fingerprint density at radius 2 is 2.17 bits per heavy atom. The van der Waals surface area contributed by atoms with E-state index in [4.69, 9.17) is 0 Å². The van der Waals surface area contributed by atoms with Gasteiger partial charge in [0, 0.05) is 6.54 Å². The molecule has 4 nitrogen and oxygen atoms in total. The summed E-state index contributed by atoms with van der Waals surface area (Å²) in [5, 5.41) is 12.7. The number of carbonyl (C=O) groups is 1. The van der Waals surface area contributed by atoms with Crippen LogP contribution in [0, 0.1) is 5.41 Å². The van der Waals surface area contributed by atoms with Gasteiger partial charge in [-0.3, -0.25) is 4.79 Å². The summed E-state index contributed by atoms with van der Waals surface area (Å²) >= 11 is 0. The summed E-state index contributed by atoms with van der Waals surface area (Å²) in [6.07, 6.45) is 5.95. The van der Waals surface area contributed by atoms with Crippen molar-refractivity contribution in [1.29, 1.82) is 0 Å². The molecular formula is C14H26N2O2. The van der Waals surface area contributed by atoms with Gasteiger partial charge in [-0.25, -0.2) is 0 Å². The molecule has 2 heterocycles. The summed E-state index contributed by atoms with van der Waals surface area (Å²) in [6.45, 7) is 5.01. The van der Waals surface area contributed by atoms with Crippen LogP contribution in [0.4, 0.5) is 0 Å². The summed E-state index contributed by atoms with van der Waals surface area (Å²) in [6, 6.07) is 0.0705. The molecule has 4 heteroatoms. The number of carbonyl (C=O) groups excluding carboxylic acids is 1. The van der Waals surface area contributed by atoms with Crippen LogP contribution in [0.1, 0.15) is 45.4 Å². The molecule has 2 aliphatic rings. The van der Waals surface area contributed by atoms with E-state index < -0.39 is 0 Å². The quantitative estimate of drug-likeness (QED) is 0.791. The molecule has 0 unspecified atom stereocenters. The molecule has 2 fully saturated rings. The van der Waals surface area contributed by atoms with Crippen LogP contribution < -0.4 is 5.32 Å². The van der Waals surface area contributed by atoms with Crippen LogP contribution in [0.3, 0.4) is 0 Å². The molecule has 0 aliphatic carbocycles. The van der Waals surface area contributed by atoms with E-state index in [1.807, 2.05) is 4.90 Å². The van der Waals surface area contributed by atoms with E-state index in [2.05, 4.69) is 12.2 Å². The molecule has 2 rings (SSSR count). The molecule has 0 saturated carbocycles. The van der Waals surface area contributed by atoms with Crippen LogP contribution in [-0.2, 0) is 4.79 Å². The molecule has 0 spiro atoms. The zero-order valence-electron chi connectivity index (χ0n) is 11.5. The number of hydrogen-bond donors (Lipinski definition) is 2. The van der Waals surface area contributed by atoms with E-state index in [0.717, 1.165) is 58.2 Å². The molecule has 1 amide bonds. The molecule has 0 aromatic carbocycles. The normalized spacial score (nSPS) is 27.4. The number of nitrogens with one attached hydrogen (secondary N) is 1. The lowest BCUT2D eigenvalue weighted by Gasteiger charge is -2.40. The number of hydrogen-bond acceptors (Lipinski definition) is 3. The average molecular weight is 254 g/mol. The van der Waals surface area contributed by atoms with Crippen LogP contribution in [0.15, 0.2) is 0 Å². The van der Waals surface area contributed by atoms with Gasteiger partial charge in [0.05, 0.1) is 18.1 Å². The fraction of sp³-hybridized carbons (Fsp3) is 0.929. The Bertz CT molecular complexity index is 282. The lowest BCUT2D eigenvalue weighted by atomic mass is 9.74. The number of aliphatic hydroxyl groups excluding tert-OH is 1. The minimum absolute atomic E-state index is 0.0705. The smallest absolute Gasteiger partial charge is 0.229 e. The highest BCUT2D eigenvalue weighted by Crippen LogP contribution is 2.38. The SMILES string of the molecule is CCCC1(C(=O)N2CCC[C@H]2CO)CCNCC1. The van der Waals surface area contributed by atoms with Crippen molar-refractivity contribution in [3.8, 4) is 0 Å². The number of nitrogens with zero attached hydrogens (tertiary/aromatic N) is 1. The second kappa shape index (κ2) is 6.02. The second-order valence-corrected chi connectivity index (χ2v) is 5.76. The third-order valence-electron chi connectivity index (χ3n) is 4.59. The van der Waals surface area contributed by atoms with Crippen molar-refractivity contribution >= 4 is 5.91 Å². The van der Waals surface area contributed by atoms with E-state index in [1.54, 1.807) is 0 Å². The Labute approximate surface area is 110 Å². The summed E-state index contributed by atoms with van der Waals surface area (Å²) in [4.78, 5) is 14.8. The maximum absolute atomic E-state index is 12.9. The molecule has 0 bridgehead atoms. The Balaban J connectivity index is 2.12. The number of amides is 1. The highest BCUT2D eigenvalue weighted by molar-refractivity contribution is 5.83. The molecule has 0 aromatic rings. The minimum Gasteiger partial charge on any atom is -0.394 e. The number of rotatable bonds is 4. The van der Waals surface area contributed by atoms with E-state index in [0.29, 0.717) is 5.91 Å². The summed E-state index contributed by atoms with van der Waals surface area (Å²) in [5.74, 6) is 0.308. The molecule has 2 N–H and O–H groups in total. The van der Waals surface area contributed by atoms with Gasteiger partial charge in [0.2, 0.25) is 5.91 Å². The van der Waals surface area contributed by atoms with Crippen molar-refractivity contribution in [2.45, 2.75) is 51.5 Å². The van der Waals surface area contributed by atoms with Crippen molar-refractivity contribution in [2.75, 3.05) is 26.2 Å². The van der Waals surface area contributed by atoms with Gasteiger partial charge >= 0.3 is 0 Å². The van der Waals surface area contributed by atoms with Gasteiger partial charge in [-0.15, -0.1) is 0 Å². The molecular weight excluding hydrogens is 228 g/mol. The van der Waals surface area contributed by atoms with Crippen molar-refractivity contribution in [3.63, 3.8) is 0 Å². The Morgan fingerprint density at radius 1 is 1.44 bits per heavy atom. The van der Waals surface area contributed by atoms with Gasteiger partial charge in [-0.2, -0.15) is 0 Å². The molecule has 104 valence electrons. The molecule has 1 atom stereocenters. The largest absolute Gasteiger partial charge is 0.394 e. The lowest BCUT2D eigenvalue weighted by Crippen LogP contribution is -2.51. The third-order valence-corrected chi connectivity index (χ3v) is 4.59. The zero-order valence-corrected chi connectivity index (χ0v) is 11.5. The van der Waals surface area contributed by atoms with Gasteiger partial charge in [-0.05, 0) is 45.2 Å². The first-order valence-corrected chi connectivity index (χ1v) is 7.36. The van der Waals surface area contributed by atoms with Crippen molar-refractivity contribution < 1.29 is 9.90 Å². The van der Waals surface area contributed by atoms with E-state index in [-0.39, 0.29) is 18.1 Å². The number of aliphatic hydroxyl groups is 1. The predicted molar refractivity (Wildman–Crippen MR) is 71.3 cm³/mol. The van der Waals surface area contributed by atoms with E-state index >= 15 is 0 Å². The maximum atomic E-state index is 12.9. The number of likely N-dealkylation sites (tertiary alicyclic amines) is 1. The molecule has 0 radical (unpaired) electrons. The Morgan fingerprint density at radius 3 is 2.78 bits per heavy atom. The maximum Gasteiger partial charge on any atom is 0.229 e. The zero-order chi connectivity index (χ0) is 13.0. The Kier molecular flexibility index (Phi) is 4.62. The van der Waals surface area contributed by atoms with Crippen LogP contribution >= 0.6 is 0 Å². The predicted octanol–water partition coefficient (Wildman–Crippen LogP) is 1.14. The van der Waals surface area contributed by atoms with Crippen LogP contribution in [0.5, 0.6) is 0 Å². The summed E-state index contributed by atoms with van der Waals surface area (Å²) in [5.41, 5.74) is -0.155. The van der Waals surface area contributed by atoms with Gasteiger partial charge < -0.3 is 15.3 Å². The molecule has 2 saturated heterocycles. The average Bonchev–Trinajstić information content (AvgIpc) is 2.87. The van der Waals surface area contributed by atoms with Crippen molar-refractivity contribution in [2.24, 2.45) is 5.41 Å². The third kappa shape index (κ3) is 2.54. The van der Waals surface area contributed by atoms with Gasteiger partial charge in [0.25, 0.3) is 0 Å². The standard InChI is InChI=1S/C14H26N2O2/c1-2-5-14(6-8-15-9-7-14)13(18)16-10-3-4-12(16)11-17/h12,15,17H,2-11H2,1H3/t12-/m0/s1. The first kappa shape index (κ1) is 13.8. The van der Waals surface area contributed by atoms with Crippen LogP contribution in [0.25, 0.3) is 0 Å².